The van der Waals surface area contributed by atoms with Crippen LogP contribution in [0.25, 0.3) is 0 Å². The van der Waals surface area contributed by atoms with Crippen LogP contribution in [0, 0.1) is 0 Å². The van der Waals surface area contributed by atoms with Crippen LogP contribution in [0.1, 0.15) is 9.67 Å². The van der Waals surface area contributed by atoms with E-state index < -0.39 is 0 Å². The quantitative estimate of drug-likeness (QED) is 0.661. The second-order valence-corrected chi connectivity index (χ2v) is 8.46. The molecule has 5 nitrogen and oxygen atoms in total. The Labute approximate surface area is 180 Å². The molecule has 0 unspecified atom stereocenters. The maximum atomic E-state index is 12.4. The second kappa shape index (κ2) is 8.99. The number of anilines is 1. The van der Waals surface area contributed by atoms with Crippen LogP contribution in [0.2, 0.25) is 20.1 Å². The summed E-state index contributed by atoms with van der Waals surface area (Å²) in [7, 11) is 0. The van der Waals surface area contributed by atoms with Crippen LogP contribution < -0.4 is 5.32 Å². The standard InChI is InChI=1S/C17H15Cl4N3O2S/c18-10-8-11(19)15(21)16(14(10)20)22-13(25)9-23-3-5-24(6-4-23)17(26)12-2-1-7-27-12/h1-2,7-8H,3-6,9H2,(H,22,25). The van der Waals surface area contributed by atoms with E-state index in [-0.39, 0.29) is 44.1 Å². The van der Waals surface area contributed by atoms with Crippen molar-refractivity contribution in [3.8, 4) is 0 Å². The zero-order valence-electron chi connectivity index (χ0n) is 14.0. The Morgan fingerprint density at radius 3 is 2.22 bits per heavy atom. The van der Waals surface area contributed by atoms with Crippen LogP contribution in [0.5, 0.6) is 0 Å². The first-order valence-corrected chi connectivity index (χ1v) is 10.4. The van der Waals surface area contributed by atoms with E-state index in [4.69, 9.17) is 46.4 Å². The van der Waals surface area contributed by atoms with Gasteiger partial charge in [0, 0.05) is 26.2 Å². The predicted octanol–water partition coefficient (Wildman–Crippen LogP) is 4.76. The fourth-order valence-electron chi connectivity index (χ4n) is 2.73. The number of carbonyl (C=O) groups is 2. The van der Waals surface area contributed by atoms with Gasteiger partial charge in [0.25, 0.3) is 5.91 Å². The normalized spacial score (nSPS) is 15.0. The van der Waals surface area contributed by atoms with Crippen LogP contribution in [0.4, 0.5) is 5.69 Å². The van der Waals surface area contributed by atoms with Crippen molar-refractivity contribution < 1.29 is 9.59 Å². The Kier molecular flexibility index (Phi) is 6.89. The van der Waals surface area contributed by atoms with Gasteiger partial charge in [0.15, 0.2) is 0 Å². The van der Waals surface area contributed by atoms with Gasteiger partial charge in [-0.25, -0.2) is 0 Å². The molecule has 2 amide bonds. The minimum Gasteiger partial charge on any atom is -0.335 e. The van der Waals surface area contributed by atoms with Gasteiger partial charge >= 0.3 is 0 Å². The minimum absolute atomic E-state index is 0.0289. The highest BCUT2D eigenvalue weighted by molar-refractivity contribution is 7.12. The molecule has 1 aromatic heterocycles. The number of piperazine rings is 1. The van der Waals surface area contributed by atoms with Crippen molar-refractivity contribution in [2.45, 2.75) is 0 Å². The molecule has 1 N–H and O–H groups in total. The number of hydrogen-bond acceptors (Lipinski definition) is 4. The number of carbonyl (C=O) groups excluding carboxylic acids is 2. The largest absolute Gasteiger partial charge is 0.335 e. The molecule has 1 aliphatic heterocycles. The number of amides is 2. The van der Waals surface area contributed by atoms with Crippen molar-refractivity contribution in [2.24, 2.45) is 0 Å². The fourth-order valence-corrected chi connectivity index (χ4v) is 4.32. The fraction of sp³-hybridized carbons (Fsp3) is 0.294. The molecule has 1 saturated heterocycles. The van der Waals surface area contributed by atoms with E-state index in [9.17, 15) is 9.59 Å². The zero-order valence-corrected chi connectivity index (χ0v) is 17.8. The van der Waals surface area contributed by atoms with Crippen molar-refractivity contribution in [2.75, 3.05) is 38.0 Å². The Morgan fingerprint density at radius 1 is 1.04 bits per heavy atom. The minimum atomic E-state index is -0.282. The summed E-state index contributed by atoms with van der Waals surface area (Å²) in [6.07, 6.45) is 0. The third-order valence-electron chi connectivity index (χ3n) is 4.13. The highest BCUT2D eigenvalue weighted by atomic mass is 35.5. The van der Waals surface area contributed by atoms with Crippen LogP contribution >= 0.6 is 57.7 Å². The predicted molar refractivity (Wildman–Crippen MR) is 112 cm³/mol. The highest BCUT2D eigenvalue weighted by Gasteiger charge is 2.24. The molecule has 0 radical (unpaired) electrons. The molecule has 2 aromatic rings. The first-order chi connectivity index (χ1) is 12.9. The van der Waals surface area contributed by atoms with Crippen molar-refractivity contribution in [1.29, 1.82) is 0 Å². The van der Waals surface area contributed by atoms with Crippen LogP contribution in [0.3, 0.4) is 0 Å². The van der Waals surface area contributed by atoms with Gasteiger partial charge in [0.2, 0.25) is 5.91 Å². The van der Waals surface area contributed by atoms with Gasteiger partial charge in [-0.2, -0.15) is 0 Å². The van der Waals surface area contributed by atoms with E-state index >= 15 is 0 Å². The molecular weight excluding hydrogens is 452 g/mol. The SMILES string of the molecule is O=C(CN1CCN(C(=O)c2cccs2)CC1)Nc1c(Cl)c(Cl)cc(Cl)c1Cl. The molecule has 27 heavy (non-hydrogen) atoms. The Hall–Kier alpha value is -1.02. The maximum Gasteiger partial charge on any atom is 0.264 e. The number of nitrogens with one attached hydrogen (secondary N) is 1. The van der Waals surface area contributed by atoms with Crippen molar-refractivity contribution >= 4 is 75.2 Å². The van der Waals surface area contributed by atoms with E-state index in [0.29, 0.717) is 26.2 Å². The van der Waals surface area contributed by atoms with Crippen LogP contribution in [0.15, 0.2) is 23.6 Å². The number of thiophene rings is 1. The summed E-state index contributed by atoms with van der Waals surface area (Å²) in [6.45, 7) is 2.48. The van der Waals surface area contributed by atoms with Gasteiger partial charge in [0.1, 0.15) is 0 Å². The molecule has 0 bridgehead atoms. The number of halogens is 4. The molecule has 2 heterocycles. The van der Waals surface area contributed by atoms with Gasteiger partial charge in [-0.05, 0) is 17.5 Å². The molecule has 3 rings (SSSR count). The molecule has 0 spiro atoms. The Morgan fingerprint density at radius 2 is 1.67 bits per heavy atom. The van der Waals surface area contributed by atoms with Gasteiger partial charge in [0.05, 0.1) is 37.2 Å². The number of rotatable bonds is 4. The van der Waals surface area contributed by atoms with Crippen molar-refractivity contribution in [3.05, 3.63) is 48.5 Å². The second-order valence-electron chi connectivity index (χ2n) is 5.94. The number of nitrogens with zero attached hydrogens (tertiary/aromatic N) is 2. The molecular formula is C17H15Cl4N3O2S. The average molecular weight is 467 g/mol. The third-order valence-corrected chi connectivity index (χ3v) is 6.57. The summed E-state index contributed by atoms with van der Waals surface area (Å²) in [5, 5.41) is 5.26. The smallest absolute Gasteiger partial charge is 0.264 e. The molecule has 1 aliphatic rings. The summed E-state index contributed by atoms with van der Waals surface area (Å²) >= 11 is 25.6. The lowest BCUT2D eigenvalue weighted by molar-refractivity contribution is -0.117. The van der Waals surface area contributed by atoms with Crippen LogP contribution in [-0.2, 0) is 4.79 Å². The summed E-state index contributed by atoms with van der Waals surface area (Å²) in [5.41, 5.74) is 0.201. The average Bonchev–Trinajstić information content (AvgIpc) is 3.18. The van der Waals surface area contributed by atoms with Gasteiger partial charge < -0.3 is 10.2 Å². The molecule has 144 valence electrons. The lowest BCUT2D eigenvalue weighted by atomic mass is 10.2. The molecule has 1 fully saturated rings. The third kappa shape index (κ3) is 4.88. The van der Waals surface area contributed by atoms with E-state index in [1.807, 2.05) is 22.4 Å². The molecule has 0 aliphatic carbocycles. The van der Waals surface area contributed by atoms with E-state index in [1.54, 1.807) is 4.90 Å². The first kappa shape index (κ1) is 20.7. The summed E-state index contributed by atoms with van der Waals surface area (Å²) in [5.74, 6) is -0.253. The topological polar surface area (TPSA) is 52.7 Å². The summed E-state index contributed by atoms with van der Waals surface area (Å²) < 4.78 is 0. The summed E-state index contributed by atoms with van der Waals surface area (Å²) in [4.78, 5) is 29.2. The molecule has 1 aromatic carbocycles. The lowest BCUT2D eigenvalue weighted by Crippen LogP contribution is -2.50. The molecule has 0 saturated carbocycles. The number of benzene rings is 1. The first-order valence-electron chi connectivity index (χ1n) is 8.04. The number of hydrogen-bond donors (Lipinski definition) is 1. The monoisotopic (exact) mass is 465 g/mol. The van der Waals surface area contributed by atoms with E-state index in [0.717, 1.165) is 4.88 Å². The Balaban J connectivity index is 1.55. The Bertz CT molecular complexity index is 826. The highest BCUT2D eigenvalue weighted by Crippen LogP contribution is 2.40. The van der Waals surface area contributed by atoms with Gasteiger partial charge in [-0.3, -0.25) is 14.5 Å². The van der Waals surface area contributed by atoms with Crippen LogP contribution in [-0.4, -0.2) is 54.3 Å². The van der Waals surface area contributed by atoms with Gasteiger partial charge in [-0.1, -0.05) is 52.5 Å². The zero-order chi connectivity index (χ0) is 19.6. The van der Waals surface area contributed by atoms with Crippen molar-refractivity contribution in [3.63, 3.8) is 0 Å². The lowest BCUT2D eigenvalue weighted by Gasteiger charge is -2.34. The summed E-state index contributed by atoms with van der Waals surface area (Å²) in [6, 6.07) is 5.10. The van der Waals surface area contributed by atoms with Gasteiger partial charge in [-0.15, -0.1) is 11.3 Å². The molecule has 0 atom stereocenters. The van der Waals surface area contributed by atoms with Crippen molar-refractivity contribution in [1.82, 2.24) is 9.80 Å². The van der Waals surface area contributed by atoms with E-state index in [2.05, 4.69) is 5.32 Å². The molecule has 10 heteroatoms. The van der Waals surface area contributed by atoms with E-state index in [1.165, 1.54) is 17.4 Å². The maximum absolute atomic E-state index is 12.4.